The first-order valence-corrected chi connectivity index (χ1v) is 5.90. The van der Waals surface area contributed by atoms with Crippen molar-refractivity contribution in [2.24, 2.45) is 5.73 Å². The second-order valence-corrected chi connectivity index (χ2v) is 4.55. The van der Waals surface area contributed by atoms with Crippen LogP contribution in [0.5, 0.6) is 0 Å². The number of rotatable bonds is 4. The summed E-state index contributed by atoms with van der Waals surface area (Å²) in [6, 6.07) is 4.57. The molecule has 2 rings (SSSR count). The largest absolute Gasteiger partial charge is 0.383 e. The van der Waals surface area contributed by atoms with Crippen molar-refractivity contribution >= 4 is 23.2 Å². The Balaban J connectivity index is 2.29. The summed E-state index contributed by atoms with van der Waals surface area (Å²) in [5.74, 6) is 0.698. The van der Waals surface area contributed by atoms with E-state index in [9.17, 15) is 0 Å². The average Bonchev–Trinajstić information content (AvgIpc) is 2.77. The highest BCUT2D eigenvalue weighted by Gasteiger charge is 2.15. The fraction of sp³-hybridized carbons (Fsp3) is 0.273. The summed E-state index contributed by atoms with van der Waals surface area (Å²) in [6.45, 7) is 0.315. The lowest BCUT2D eigenvalue weighted by atomic mass is 10.2. The lowest BCUT2D eigenvalue weighted by molar-refractivity contribution is 0.177. The molecule has 18 heavy (non-hydrogen) atoms. The fourth-order valence-corrected chi connectivity index (χ4v) is 1.96. The summed E-state index contributed by atoms with van der Waals surface area (Å²) in [5.41, 5.74) is 6.44. The Morgan fingerprint density at radius 2 is 2.00 bits per heavy atom. The van der Waals surface area contributed by atoms with Crippen LogP contribution in [0.1, 0.15) is 11.9 Å². The van der Waals surface area contributed by atoms with Crippen LogP contribution < -0.4 is 5.73 Å². The van der Waals surface area contributed by atoms with E-state index in [2.05, 4.69) is 10.1 Å². The molecule has 0 bridgehead atoms. The number of nitrogens with zero attached hydrogens (tertiary/aromatic N) is 2. The quantitative estimate of drug-likeness (QED) is 0.936. The summed E-state index contributed by atoms with van der Waals surface area (Å²) >= 11 is 11.8. The van der Waals surface area contributed by atoms with Gasteiger partial charge in [-0.3, -0.25) is 0 Å². The molecule has 0 saturated carbocycles. The van der Waals surface area contributed by atoms with E-state index in [1.54, 1.807) is 25.3 Å². The molecular weight excluding hydrogens is 277 g/mol. The number of benzene rings is 1. The molecule has 1 atom stereocenters. The van der Waals surface area contributed by atoms with Gasteiger partial charge < -0.3 is 15.0 Å². The predicted molar refractivity (Wildman–Crippen MR) is 68.6 cm³/mol. The van der Waals surface area contributed by atoms with Gasteiger partial charge in [0.2, 0.25) is 0 Å². The lowest BCUT2D eigenvalue weighted by Gasteiger charge is -2.03. The Hall–Kier alpha value is -1.14. The van der Waals surface area contributed by atoms with Crippen LogP contribution in [0.4, 0.5) is 0 Å². The zero-order valence-electron chi connectivity index (χ0n) is 9.56. The highest BCUT2D eigenvalue weighted by Crippen LogP contribution is 2.26. The molecule has 0 aliphatic heterocycles. The molecular formula is C11H11Cl2N3O2. The molecule has 0 fully saturated rings. The molecule has 1 aromatic carbocycles. The van der Waals surface area contributed by atoms with Gasteiger partial charge in [-0.2, -0.15) is 4.98 Å². The van der Waals surface area contributed by atoms with Gasteiger partial charge in [-0.05, 0) is 18.2 Å². The van der Waals surface area contributed by atoms with Crippen LogP contribution in [-0.2, 0) is 4.74 Å². The van der Waals surface area contributed by atoms with Crippen molar-refractivity contribution < 1.29 is 9.26 Å². The topological polar surface area (TPSA) is 74.2 Å². The Kier molecular flexibility index (Phi) is 4.19. The van der Waals surface area contributed by atoms with E-state index in [0.29, 0.717) is 33.9 Å². The Labute approximate surface area is 114 Å². The molecule has 96 valence electrons. The van der Waals surface area contributed by atoms with Crippen LogP contribution in [0.3, 0.4) is 0 Å². The third-order valence-electron chi connectivity index (χ3n) is 2.23. The number of halogens is 2. The molecule has 0 saturated heterocycles. The monoisotopic (exact) mass is 287 g/mol. The summed E-state index contributed by atoms with van der Waals surface area (Å²) in [6.07, 6.45) is 0. The molecule has 2 N–H and O–H groups in total. The molecule has 0 amide bonds. The van der Waals surface area contributed by atoms with Crippen molar-refractivity contribution in [3.63, 3.8) is 0 Å². The van der Waals surface area contributed by atoms with Gasteiger partial charge in [0.15, 0.2) is 5.82 Å². The number of hydrogen-bond donors (Lipinski definition) is 1. The van der Waals surface area contributed by atoms with Crippen molar-refractivity contribution in [2.45, 2.75) is 6.04 Å². The maximum Gasteiger partial charge on any atom is 0.258 e. The molecule has 7 heteroatoms. The van der Waals surface area contributed by atoms with E-state index in [1.807, 2.05) is 0 Å². The van der Waals surface area contributed by atoms with Crippen LogP contribution in [0.25, 0.3) is 11.5 Å². The summed E-state index contributed by atoms with van der Waals surface area (Å²) < 4.78 is 10.0. The van der Waals surface area contributed by atoms with Crippen LogP contribution in [0.2, 0.25) is 10.0 Å². The minimum Gasteiger partial charge on any atom is -0.383 e. The van der Waals surface area contributed by atoms with Gasteiger partial charge >= 0.3 is 0 Å². The molecule has 2 aromatic rings. The van der Waals surface area contributed by atoms with Gasteiger partial charge in [-0.15, -0.1) is 0 Å². The summed E-state index contributed by atoms with van der Waals surface area (Å²) in [5, 5.41) is 4.79. The summed E-state index contributed by atoms with van der Waals surface area (Å²) in [7, 11) is 1.55. The average molecular weight is 288 g/mol. The van der Waals surface area contributed by atoms with E-state index >= 15 is 0 Å². The number of aromatic nitrogens is 2. The van der Waals surface area contributed by atoms with Crippen molar-refractivity contribution in [2.75, 3.05) is 13.7 Å². The normalized spacial score (nSPS) is 12.7. The maximum atomic E-state index is 5.90. The third kappa shape index (κ3) is 3.00. The highest BCUT2D eigenvalue weighted by molar-refractivity contribution is 6.35. The smallest absolute Gasteiger partial charge is 0.258 e. The van der Waals surface area contributed by atoms with Gasteiger partial charge in [0.25, 0.3) is 5.89 Å². The number of methoxy groups -OCH3 is 1. The van der Waals surface area contributed by atoms with Gasteiger partial charge in [0, 0.05) is 22.7 Å². The first-order valence-electron chi connectivity index (χ1n) is 5.14. The van der Waals surface area contributed by atoms with E-state index in [-0.39, 0.29) is 0 Å². The second kappa shape index (κ2) is 5.67. The standard InChI is InChI=1S/C11H11Cl2N3O2/c1-17-5-9(14)10-15-11(18-16-10)6-2-7(12)4-8(13)3-6/h2-4,9H,5,14H2,1H3. The van der Waals surface area contributed by atoms with Crippen molar-refractivity contribution in [1.29, 1.82) is 0 Å². The maximum absolute atomic E-state index is 5.90. The van der Waals surface area contributed by atoms with Crippen molar-refractivity contribution in [3.8, 4) is 11.5 Å². The molecule has 1 unspecified atom stereocenters. The molecule has 1 heterocycles. The molecule has 0 aliphatic rings. The third-order valence-corrected chi connectivity index (χ3v) is 2.67. The molecule has 0 spiro atoms. The van der Waals surface area contributed by atoms with Crippen LogP contribution in [0, 0.1) is 0 Å². The first-order chi connectivity index (χ1) is 8.60. The van der Waals surface area contributed by atoms with Gasteiger partial charge in [0.1, 0.15) is 0 Å². The van der Waals surface area contributed by atoms with E-state index in [4.69, 9.17) is 38.2 Å². The molecule has 5 nitrogen and oxygen atoms in total. The Morgan fingerprint density at radius 3 is 2.61 bits per heavy atom. The van der Waals surface area contributed by atoms with Crippen molar-refractivity contribution in [3.05, 3.63) is 34.1 Å². The van der Waals surface area contributed by atoms with E-state index < -0.39 is 6.04 Å². The SMILES string of the molecule is COCC(N)c1noc(-c2cc(Cl)cc(Cl)c2)n1. The molecule has 1 aromatic heterocycles. The number of hydrogen-bond acceptors (Lipinski definition) is 5. The first kappa shape index (κ1) is 13.3. The highest BCUT2D eigenvalue weighted by atomic mass is 35.5. The van der Waals surface area contributed by atoms with Crippen LogP contribution in [0.15, 0.2) is 22.7 Å². The van der Waals surface area contributed by atoms with Crippen molar-refractivity contribution in [1.82, 2.24) is 10.1 Å². The minimum atomic E-state index is -0.429. The Bertz CT molecular complexity index is 525. The second-order valence-electron chi connectivity index (χ2n) is 3.68. The minimum absolute atomic E-state index is 0.315. The zero-order valence-corrected chi connectivity index (χ0v) is 11.1. The van der Waals surface area contributed by atoms with Gasteiger partial charge in [-0.25, -0.2) is 0 Å². The molecule has 0 radical (unpaired) electrons. The lowest BCUT2D eigenvalue weighted by Crippen LogP contribution is -2.17. The predicted octanol–water partition coefficient (Wildman–Crippen LogP) is 2.69. The van der Waals surface area contributed by atoms with Crippen LogP contribution >= 0.6 is 23.2 Å². The summed E-state index contributed by atoms with van der Waals surface area (Å²) in [4.78, 5) is 4.18. The molecule has 0 aliphatic carbocycles. The number of ether oxygens (including phenoxy) is 1. The van der Waals surface area contributed by atoms with E-state index in [0.717, 1.165) is 0 Å². The zero-order chi connectivity index (χ0) is 13.1. The number of nitrogens with two attached hydrogens (primary N) is 1. The Morgan fingerprint density at radius 1 is 1.33 bits per heavy atom. The van der Waals surface area contributed by atoms with Gasteiger partial charge in [0.05, 0.1) is 12.6 Å². The van der Waals surface area contributed by atoms with E-state index in [1.165, 1.54) is 0 Å². The van der Waals surface area contributed by atoms with Crippen LogP contribution in [-0.4, -0.2) is 23.9 Å². The fourth-order valence-electron chi connectivity index (χ4n) is 1.43. The van der Waals surface area contributed by atoms with Gasteiger partial charge in [-0.1, -0.05) is 28.4 Å².